The first-order valence-corrected chi connectivity index (χ1v) is 8.66. The average molecular weight is 430 g/mol. The Balaban J connectivity index is 1.87. The lowest BCUT2D eigenvalue weighted by Gasteiger charge is -2.07. The van der Waals surface area contributed by atoms with Crippen molar-refractivity contribution in [2.75, 3.05) is 0 Å². The minimum Gasteiger partial charge on any atom is -0.271 e. The Labute approximate surface area is 160 Å². The molecule has 0 unspecified atom stereocenters. The Hall–Kier alpha value is -2.74. The highest BCUT2D eigenvalue weighted by molar-refractivity contribution is 9.10. The Bertz CT molecular complexity index is 1170. The van der Waals surface area contributed by atoms with Crippen LogP contribution in [0.15, 0.2) is 45.9 Å². The summed E-state index contributed by atoms with van der Waals surface area (Å²) in [5.74, 6) is -0.120. The highest BCUT2D eigenvalue weighted by atomic mass is 79.9. The number of hydrogen-bond acceptors (Lipinski definition) is 5. The van der Waals surface area contributed by atoms with E-state index in [4.69, 9.17) is 0 Å². The second kappa shape index (κ2) is 6.21. The van der Waals surface area contributed by atoms with E-state index in [1.807, 2.05) is 0 Å². The molecule has 0 saturated carbocycles. The summed E-state index contributed by atoms with van der Waals surface area (Å²) >= 11 is 7.77. The van der Waals surface area contributed by atoms with Crippen LogP contribution in [-0.2, 0) is 0 Å². The summed E-state index contributed by atoms with van der Waals surface area (Å²) < 4.78 is 17.2. The maximum atomic E-state index is 14.2. The molecule has 0 aliphatic rings. The SMILES string of the molecule is Cc1cc(C(=O)n2c3ccc2c(Br)c3F)n(-c2cccc(N=C=S)n2)n1. The zero-order valence-electron chi connectivity index (χ0n) is 13.3. The monoisotopic (exact) mass is 429 g/mol. The molecular weight excluding hydrogens is 421 g/mol. The second-order valence-corrected chi connectivity index (χ2v) is 6.49. The zero-order valence-corrected chi connectivity index (χ0v) is 15.7. The fourth-order valence-electron chi connectivity index (χ4n) is 2.80. The van der Waals surface area contributed by atoms with E-state index >= 15 is 0 Å². The van der Waals surface area contributed by atoms with E-state index in [9.17, 15) is 9.18 Å². The third kappa shape index (κ3) is 2.48. The molecule has 4 aromatic heterocycles. The van der Waals surface area contributed by atoms with Gasteiger partial charge in [0.25, 0.3) is 5.91 Å². The number of isothiocyanates is 1. The molecular formula is C17H9BrFN5OS. The maximum absolute atomic E-state index is 14.2. The van der Waals surface area contributed by atoms with Gasteiger partial charge < -0.3 is 0 Å². The molecule has 26 heavy (non-hydrogen) atoms. The number of rotatable bonds is 3. The van der Waals surface area contributed by atoms with Crippen molar-refractivity contribution < 1.29 is 9.18 Å². The highest BCUT2D eigenvalue weighted by Crippen LogP contribution is 2.32. The third-order valence-corrected chi connectivity index (χ3v) is 4.72. The average Bonchev–Trinajstić information content (AvgIpc) is 3.29. The Kier molecular flexibility index (Phi) is 3.99. The fraction of sp³-hybridized carbons (Fsp3) is 0.0588. The summed E-state index contributed by atoms with van der Waals surface area (Å²) in [7, 11) is 0. The molecule has 0 N–H and O–H groups in total. The fourth-order valence-corrected chi connectivity index (χ4v) is 3.41. The number of pyridine rings is 1. The van der Waals surface area contributed by atoms with Gasteiger partial charge in [0.05, 0.1) is 26.4 Å². The van der Waals surface area contributed by atoms with Crippen molar-refractivity contribution >= 4 is 56.1 Å². The van der Waals surface area contributed by atoms with Crippen molar-refractivity contribution in [3.63, 3.8) is 0 Å². The number of hydrogen-bond donors (Lipinski definition) is 0. The number of aryl methyl sites for hydroxylation is 1. The topological polar surface area (TPSA) is 65.1 Å². The standard InChI is InChI=1S/C17H9BrFN5OS/c1-9-7-12(17(25)23-10-5-6-11(23)16(19)15(10)18)24(22-9)14-4-2-3-13(21-14)20-8-26/h2-7H,1H3. The number of fused-ring (bicyclic) bond motifs is 2. The lowest BCUT2D eigenvalue weighted by molar-refractivity contribution is 0.0961. The van der Waals surface area contributed by atoms with Crippen LogP contribution in [-0.4, -0.2) is 30.4 Å². The van der Waals surface area contributed by atoms with Gasteiger partial charge in [-0.2, -0.15) is 10.1 Å². The van der Waals surface area contributed by atoms with Crippen molar-refractivity contribution in [3.05, 3.63) is 58.1 Å². The predicted molar refractivity (Wildman–Crippen MR) is 101 cm³/mol. The van der Waals surface area contributed by atoms with Gasteiger partial charge in [-0.1, -0.05) is 6.07 Å². The van der Waals surface area contributed by atoms with Crippen LogP contribution in [0.2, 0.25) is 0 Å². The smallest absolute Gasteiger partial charge is 0.271 e. The van der Waals surface area contributed by atoms with Crippen LogP contribution in [0, 0.1) is 12.7 Å². The molecule has 0 saturated heterocycles. The van der Waals surface area contributed by atoms with Gasteiger partial charge in [0.1, 0.15) is 5.69 Å². The first-order valence-electron chi connectivity index (χ1n) is 7.45. The Morgan fingerprint density at radius 2 is 2.08 bits per heavy atom. The van der Waals surface area contributed by atoms with Gasteiger partial charge in [-0.3, -0.25) is 9.36 Å². The molecule has 0 amide bonds. The van der Waals surface area contributed by atoms with Gasteiger partial charge in [0.2, 0.25) is 0 Å². The minimum absolute atomic E-state index is 0.203. The highest BCUT2D eigenvalue weighted by Gasteiger charge is 2.26. The van der Waals surface area contributed by atoms with Crippen molar-refractivity contribution in [2.24, 2.45) is 4.99 Å². The number of carbonyl (C=O) groups is 1. The van der Waals surface area contributed by atoms with Crippen molar-refractivity contribution in [1.29, 1.82) is 0 Å². The van der Waals surface area contributed by atoms with Crippen LogP contribution in [0.25, 0.3) is 16.9 Å². The molecule has 128 valence electrons. The first kappa shape index (κ1) is 16.7. The Morgan fingerprint density at radius 3 is 2.77 bits per heavy atom. The minimum atomic E-state index is -0.464. The molecule has 9 heteroatoms. The normalized spacial score (nSPS) is 11.0. The number of aliphatic imine (C=N–C) groups is 1. The van der Waals surface area contributed by atoms with Crippen molar-refractivity contribution in [2.45, 2.75) is 6.92 Å². The number of carbonyl (C=O) groups excluding carboxylic acids is 1. The molecule has 0 spiro atoms. The van der Waals surface area contributed by atoms with Crippen LogP contribution in [0.1, 0.15) is 16.2 Å². The lowest BCUT2D eigenvalue weighted by Crippen LogP contribution is -2.16. The third-order valence-electron chi connectivity index (χ3n) is 3.87. The molecule has 0 atom stereocenters. The summed E-state index contributed by atoms with van der Waals surface area (Å²) in [6.45, 7) is 1.76. The van der Waals surface area contributed by atoms with Gasteiger partial charge in [-0.15, -0.1) is 0 Å². The number of halogens is 2. The van der Waals surface area contributed by atoms with E-state index in [1.165, 1.54) is 9.25 Å². The van der Waals surface area contributed by atoms with Crippen molar-refractivity contribution in [1.82, 2.24) is 19.3 Å². The molecule has 0 aliphatic heterocycles. The Morgan fingerprint density at radius 1 is 1.31 bits per heavy atom. The van der Waals surface area contributed by atoms with Gasteiger partial charge in [0, 0.05) is 0 Å². The molecule has 4 aromatic rings. The van der Waals surface area contributed by atoms with Crippen LogP contribution in [0.5, 0.6) is 0 Å². The number of benzene rings is 1. The summed E-state index contributed by atoms with van der Waals surface area (Å²) in [6.07, 6.45) is 0. The van der Waals surface area contributed by atoms with E-state index in [2.05, 4.69) is 48.4 Å². The molecule has 4 rings (SSSR count). The first-order chi connectivity index (χ1) is 12.5. The number of aromatic nitrogens is 4. The van der Waals surface area contributed by atoms with Gasteiger partial charge in [-0.05, 0) is 65.4 Å². The van der Waals surface area contributed by atoms with Gasteiger partial charge >= 0.3 is 0 Å². The molecule has 0 radical (unpaired) electrons. The molecule has 0 aliphatic carbocycles. The van der Waals surface area contributed by atoms with Crippen LogP contribution in [0.4, 0.5) is 10.2 Å². The molecule has 6 nitrogen and oxygen atoms in total. The van der Waals surface area contributed by atoms with E-state index in [0.717, 1.165) is 0 Å². The second-order valence-electron chi connectivity index (χ2n) is 5.51. The van der Waals surface area contributed by atoms with Crippen molar-refractivity contribution in [3.8, 4) is 5.82 Å². The van der Waals surface area contributed by atoms with Crippen LogP contribution < -0.4 is 0 Å². The summed E-state index contributed by atoms with van der Waals surface area (Å²) in [6, 6.07) is 9.95. The van der Waals surface area contributed by atoms with Crippen LogP contribution in [0.3, 0.4) is 0 Å². The number of nitrogens with zero attached hydrogens (tertiary/aromatic N) is 5. The number of thiocarbonyl (C=S) groups is 1. The summed E-state index contributed by atoms with van der Waals surface area (Å²) in [5, 5.41) is 6.60. The quantitative estimate of drug-likeness (QED) is 0.359. The van der Waals surface area contributed by atoms with Gasteiger partial charge in [-0.25, -0.2) is 14.1 Å². The molecule has 4 heterocycles. The molecule has 2 bridgehead atoms. The molecule has 0 aromatic carbocycles. The van der Waals surface area contributed by atoms with Crippen LogP contribution >= 0.6 is 28.1 Å². The van der Waals surface area contributed by atoms with E-state index in [-0.39, 0.29) is 15.7 Å². The van der Waals surface area contributed by atoms with E-state index in [1.54, 1.807) is 43.3 Å². The lowest BCUT2D eigenvalue weighted by atomic mass is 10.3. The largest absolute Gasteiger partial charge is 0.281 e. The van der Waals surface area contributed by atoms with E-state index in [0.29, 0.717) is 22.8 Å². The predicted octanol–water partition coefficient (Wildman–Crippen LogP) is 4.29. The summed E-state index contributed by atoms with van der Waals surface area (Å²) in [5.41, 5.74) is 1.54. The zero-order chi connectivity index (χ0) is 18.4. The molecule has 0 fully saturated rings. The summed E-state index contributed by atoms with van der Waals surface area (Å²) in [4.78, 5) is 21.3. The maximum Gasteiger partial charge on any atom is 0.281 e. The van der Waals surface area contributed by atoms with E-state index < -0.39 is 11.7 Å². The van der Waals surface area contributed by atoms with Gasteiger partial charge in [0.15, 0.2) is 17.5 Å².